The summed E-state index contributed by atoms with van der Waals surface area (Å²) in [4.78, 5) is 13.6. The normalized spacial score (nSPS) is 18.5. The van der Waals surface area contributed by atoms with Gasteiger partial charge in [-0.2, -0.15) is 13.2 Å². The molecule has 122 valence electrons. The number of carbonyl (C=O) groups excluding carboxylic acids is 1. The minimum absolute atomic E-state index is 0. The quantitative estimate of drug-likeness (QED) is 0.864. The Labute approximate surface area is 133 Å². The summed E-state index contributed by atoms with van der Waals surface area (Å²) in [5, 5.41) is 0. The maximum absolute atomic E-state index is 12.6. The minimum atomic E-state index is -4.38. The summed E-state index contributed by atoms with van der Waals surface area (Å²) < 4.78 is 37.7. The number of carbonyl (C=O) groups is 1. The van der Waals surface area contributed by atoms with Gasteiger partial charge in [-0.05, 0) is 42.7 Å². The number of hydrogen-bond donors (Lipinski definition) is 1. The van der Waals surface area contributed by atoms with Gasteiger partial charge in [0.05, 0.1) is 5.56 Å². The van der Waals surface area contributed by atoms with E-state index in [0.717, 1.165) is 18.6 Å². The number of halogens is 4. The van der Waals surface area contributed by atoms with Crippen LogP contribution in [0.5, 0.6) is 0 Å². The van der Waals surface area contributed by atoms with Gasteiger partial charge in [0, 0.05) is 19.2 Å². The van der Waals surface area contributed by atoms with Crippen molar-refractivity contribution in [3.63, 3.8) is 0 Å². The average Bonchev–Trinajstić information content (AvgIpc) is 2.93. The monoisotopic (exact) mass is 334 g/mol. The molecule has 22 heavy (non-hydrogen) atoms. The molecule has 1 aromatic rings. The second-order valence-corrected chi connectivity index (χ2v) is 5.13. The molecular formula is C15H18ClF3N2O. The lowest BCUT2D eigenvalue weighted by Crippen LogP contribution is -2.28. The molecule has 7 heteroatoms. The SMILES string of the molecule is Cl.NCC1CCN(C(=O)/C=C/c2cccc(C(F)(F)F)c2)C1. The van der Waals surface area contributed by atoms with Gasteiger partial charge >= 0.3 is 6.18 Å². The van der Waals surface area contributed by atoms with Gasteiger partial charge in [0.25, 0.3) is 0 Å². The predicted molar refractivity (Wildman–Crippen MR) is 81.5 cm³/mol. The molecule has 0 radical (unpaired) electrons. The Morgan fingerprint density at radius 1 is 1.41 bits per heavy atom. The maximum atomic E-state index is 12.6. The van der Waals surface area contributed by atoms with E-state index in [1.807, 2.05) is 0 Å². The van der Waals surface area contributed by atoms with E-state index in [9.17, 15) is 18.0 Å². The second kappa shape index (κ2) is 7.65. The molecule has 1 heterocycles. The zero-order chi connectivity index (χ0) is 15.5. The molecule has 2 N–H and O–H groups in total. The summed E-state index contributed by atoms with van der Waals surface area (Å²) in [6.45, 7) is 1.80. The Hall–Kier alpha value is -1.53. The molecule has 1 atom stereocenters. The molecule has 0 aromatic heterocycles. The average molecular weight is 335 g/mol. The zero-order valence-electron chi connectivity index (χ0n) is 11.8. The topological polar surface area (TPSA) is 46.3 Å². The van der Waals surface area contributed by atoms with Crippen LogP contribution in [0, 0.1) is 5.92 Å². The molecule has 1 amide bonds. The van der Waals surface area contributed by atoms with Crippen molar-refractivity contribution in [3.05, 3.63) is 41.5 Å². The first-order valence-corrected chi connectivity index (χ1v) is 6.74. The Bertz CT molecular complexity index is 546. The molecule has 1 aromatic carbocycles. The molecule has 2 rings (SSSR count). The van der Waals surface area contributed by atoms with Crippen LogP contribution in [-0.2, 0) is 11.0 Å². The van der Waals surface area contributed by atoms with E-state index < -0.39 is 11.7 Å². The third kappa shape index (κ3) is 4.74. The van der Waals surface area contributed by atoms with Crippen LogP contribution in [0.25, 0.3) is 6.08 Å². The molecule has 1 unspecified atom stereocenters. The lowest BCUT2D eigenvalue weighted by atomic mass is 10.1. The summed E-state index contributed by atoms with van der Waals surface area (Å²) in [7, 11) is 0. The van der Waals surface area contributed by atoms with Crippen LogP contribution < -0.4 is 5.73 Å². The van der Waals surface area contributed by atoms with E-state index in [1.165, 1.54) is 24.3 Å². The van der Waals surface area contributed by atoms with Gasteiger partial charge in [-0.25, -0.2) is 0 Å². The van der Waals surface area contributed by atoms with Gasteiger partial charge < -0.3 is 10.6 Å². The molecule has 0 saturated carbocycles. The predicted octanol–water partition coefficient (Wildman–Crippen LogP) is 2.95. The fraction of sp³-hybridized carbons (Fsp3) is 0.400. The summed E-state index contributed by atoms with van der Waals surface area (Å²) >= 11 is 0. The number of hydrogen-bond acceptors (Lipinski definition) is 2. The molecule has 1 fully saturated rings. The van der Waals surface area contributed by atoms with Gasteiger partial charge in [0.15, 0.2) is 0 Å². The lowest BCUT2D eigenvalue weighted by molar-refractivity contribution is -0.137. The van der Waals surface area contributed by atoms with Crippen LogP contribution in [0.15, 0.2) is 30.3 Å². The molecule has 1 aliphatic heterocycles. The maximum Gasteiger partial charge on any atom is 0.416 e. The van der Waals surface area contributed by atoms with Gasteiger partial charge in [0.2, 0.25) is 5.91 Å². The molecule has 0 spiro atoms. The van der Waals surface area contributed by atoms with Crippen LogP contribution in [0.4, 0.5) is 13.2 Å². The summed E-state index contributed by atoms with van der Waals surface area (Å²) in [5.74, 6) is 0.124. The van der Waals surface area contributed by atoms with E-state index in [2.05, 4.69) is 0 Å². The number of likely N-dealkylation sites (tertiary alicyclic amines) is 1. The summed E-state index contributed by atoms with van der Waals surface area (Å²) in [5.41, 5.74) is 5.19. The highest BCUT2D eigenvalue weighted by atomic mass is 35.5. The fourth-order valence-corrected chi connectivity index (χ4v) is 2.32. The van der Waals surface area contributed by atoms with Crippen molar-refractivity contribution < 1.29 is 18.0 Å². The van der Waals surface area contributed by atoms with Crippen molar-refractivity contribution in [3.8, 4) is 0 Å². The highest BCUT2D eigenvalue weighted by molar-refractivity contribution is 5.92. The molecular weight excluding hydrogens is 317 g/mol. The molecule has 1 saturated heterocycles. The van der Waals surface area contributed by atoms with E-state index in [0.29, 0.717) is 31.1 Å². The zero-order valence-corrected chi connectivity index (χ0v) is 12.7. The van der Waals surface area contributed by atoms with Crippen LogP contribution >= 0.6 is 12.4 Å². The fourth-order valence-electron chi connectivity index (χ4n) is 2.32. The first-order valence-electron chi connectivity index (χ1n) is 6.74. The van der Waals surface area contributed by atoms with Gasteiger partial charge in [-0.1, -0.05) is 12.1 Å². The smallest absolute Gasteiger partial charge is 0.339 e. The highest BCUT2D eigenvalue weighted by Crippen LogP contribution is 2.29. The minimum Gasteiger partial charge on any atom is -0.339 e. The van der Waals surface area contributed by atoms with Crippen molar-refractivity contribution in [2.45, 2.75) is 12.6 Å². The third-order valence-corrected chi connectivity index (χ3v) is 3.56. The Morgan fingerprint density at radius 3 is 2.73 bits per heavy atom. The van der Waals surface area contributed by atoms with Gasteiger partial charge in [-0.15, -0.1) is 12.4 Å². The summed E-state index contributed by atoms with van der Waals surface area (Å²) in [6.07, 6.45) is -0.779. The number of alkyl halides is 3. The van der Waals surface area contributed by atoms with Crippen LogP contribution in [0.2, 0.25) is 0 Å². The van der Waals surface area contributed by atoms with E-state index >= 15 is 0 Å². The second-order valence-electron chi connectivity index (χ2n) is 5.13. The van der Waals surface area contributed by atoms with Crippen LogP contribution in [0.3, 0.4) is 0 Å². The number of nitrogens with two attached hydrogens (primary N) is 1. The number of nitrogens with zero attached hydrogens (tertiary/aromatic N) is 1. The van der Waals surface area contributed by atoms with E-state index in [4.69, 9.17) is 5.73 Å². The van der Waals surface area contributed by atoms with E-state index in [-0.39, 0.29) is 18.3 Å². The molecule has 0 aliphatic carbocycles. The first kappa shape index (κ1) is 18.5. The Balaban J connectivity index is 0.00000242. The van der Waals surface area contributed by atoms with E-state index in [1.54, 1.807) is 4.90 Å². The number of rotatable bonds is 3. The van der Waals surface area contributed by atoms with Gasteiger partial charge in [-0.3, -0.25) is 4.79 Å². The van der Waals surface area contributed by atoms with Crippen molar-refractivity contribution in [1.29, 1.82) is 0 Å². The first-order chi connectivity index (χ1) is 9.90. The van der Waals surface area contributed by atoms with Crippen molar-refractivity contribution in [1.82, 2.24) is 4.90 Å². The van der Waals surface area contributed by atoms with Crippen molar-refractivity contribution >= 4 is 24.4 Å². The molecule has 3 nitrogen and oxygen atoms in total. The van der Waals surface area contributed by atoms with Crippen LogP contribution in [0.1, 0.15) is 17.5 Å². The highest BCUT2D eigenvalue weighted by Gasteiger charge is 2.30. The lowest BCUT2D eigenvalue weighted by Gasteiger charge is -2.13. The Kier molecular flexibility index (Phi) is 6.44. The molecule has 0 bridgehead atoms. The third-order valence-electron chi connectivity index (χ3n) is 3.56. The summed E-state index contributed by atoms with van der Waals surface area (Å²) in [6, 6.07) is 4.89. The van der Waals surface area contributed by atoms with Crippen molar-refractivity contribution in [2.24, 2.45) is 11.7 Å². The Morgan fingerprint density at radius 2 is 2.14 bits per heavy atom. The molecule has 1 aliphatic rings. The largest absolute Gasteiger partial charge is 0.416 e. The number of amides is 1. The standard InChI is InChI=1S/C15H17F3N2O.ClH/c16-15(17,18)13-3-1-2-11(8-13)4-5-14(21)20-7-6-12(9-19)10-20;/h1-5,8,12H,6-7,9-10,19H2;1H/b5-4+;. The van der Waals surface area contributed by atoms with Gasteiger partial charge in [0.1, 0.15) is 0 Å². The van der Waals surface area contributed by atoms with Crippen molar-refractivity contribution in [2.75, 3.05) is 19.6 Å². The number of benzene rings is 1. The van der Waals surface area contributed by atoms with Crippen LogP contribution in [-0.4, -0.2) is 30.4 Å².